The number of aromatic nitrogens is 1. The third-order valence-electron chi connectivity index (χ3n) is 6.07. The largest absolute Gasteiger partial charge is 0.481 e. The van der Waals surface area contributed by atoms with Crippen LogP contribution in [0.15, 0.2) is 28.8 Å². The number of aryl methyl sites for hydroxylation is 1. The molecule has 6 heteroatoms. The molecule has 6 nitrogen and oxygen atoms in total. The van der Waals surface area contributed by atoms with E-state index in [1.165, 1.54) is 0 Å². The highest BCUT2D eigenvalue weighted by Gasteiger charge is 2.54. The Hall–Kier alpha value is -2.34. The van der Waals surface area contributed by atoms with E-state index in [2.05, 4.69) is 10.5 Å². The smallest absolute Gasteiger partial charge is 0.307 e. The van der Waals surface area contributed by atoms with Gasteiger partial charge < -0.3 is 19.7 Å². The standard InChI is InChI=1S/C20H24N2O4/c1-13-17(21-2)18(26-22-13)19-7-9-20(10-8-19,25-12-19)15-5-3-14(4-6-15)11-16(23)24/h3-6,21H,7-12H2,1-2H3,(H,23,24). The van der Waals surface area contributed by atoms with Crippen LogP contribution in [0.4, 0.5) is 5.69 Å². The second-order valence-electron chi connectivity index (χ2n) is 7.55. The SMILES string of the molecule is CNc1c(C)noc1C12CCC(c3ccc(CC(=O)O)cc3)(CC1)OC2. The third kappa shape index (κ3) is 2.60. The second kappa shape index (κ2) is 6.13. The number of rotatable bonds is 5. The summed E-state index contributed by atoms with van der Waals surface area (Å²) in [6.45, 7) is 2.57. The molecule has 1 aromatic heterocycles. The van der Waals surface area contributed by atoms with E-state index in [0.29, 0.717) is 6.61 Å². The molecular weight excluding hydrogens is 332 g/mol. The number of aliphatic carboxylic acids is 1. The van der Waals surface area contributed by atoms with E-state index in [4.69, 9.17) is 14.4 Å². The minimum atomic E-state index is -0.810. The van der Waals surface area contributed by atoms with Crippen LogP contribution in [0.25, 0.3) is 0 Å². The molecule has 0 unspecified atom stereocenters. The summed E-state index contributed by atoms with van der Waals surface area (Å²) in [5, 5.41) is 16.3. The molecule has 1 aromatic carbocycles. The average molecular weight is 356 g/mol. The van der Waals surface area contributed by atoms with Gasteiger partial charge >= 0.3 is 5.97 Å². The van der Waals surface area contributed by atoms with Crippen molar-refractivity contribution in [2.24, 2.45) is 0 Å². The minimum absolute atomic E-state index is 0.0505. The zero-order valence-electron chi connectivity index (χ0n) is 15.2. The monoisotopic (exact) mass is 356 g/mol. The zero-order valence-corrected chi connectivity index (χ0v) is 15.2. The van der Waals surface area contributed by atoms with E-state index < -0.39 is 5.97 Å². The Balaban J connectivity index is 1.56. The van der Waals surface area contributed by atoms with Crippen LogP contribution in [0.2, 0.25) is 0 Å². The number of carboxylic acids is 1. The molecule has 2 bridgehead atoms. The van der Waals surface area contributed by atoms with Gasteiger partial charge in [-0.15, -0.1) is 0 Å². The van der Waals surface area contributed by atoms with Gasteiger partial charge in [-0.2, -0.15) is 0 Å². The van der Waals surface area contributed by atoms with Gasteiger partial charge in [-0.05, 0) is 43.7 Å². The lowest BCUT2D eigenvalue weighted by molar-refractivity contribution is -0.167. The molecule has 26 heavy (non-hydrogen) atoms. The van der Waals surface area contributed by atoms with Gasteiger partial charge in [-0.25, -0.2) is 0 Å². The first kappa shape index (κ1) is 17.1. The molecule has 2 aliphatic heterocycles. The summed E-state index contributed by atoms with van der Waals surface area (Å²) in [7, 11) is 1.90. The molecule has 1 aliphatic carbocycles. The number of hydrogen-bond acceptors (Lipinski definition) is 5. The first-order chi connectivity index (χ1) is 12.5. The number of anilines is 1. The normalized spacial score (nSPS) is 27.5. The number of nitrogens with zero attached hydrogens (tertiary/aromatic N) is 1. The van der Waals surface area contributed by atoms with Crippen LogP contribution in [0, 0.1) is 6.92 Å². The number of hydrogen-bond donors (Lipinski definition) is 2. The van der Waals surface area contributed by atoms with Crippen LogP contribution >= 0.6 is 0 Å². The van der Waals surface area contributed by atoms with Crippen LogP contribution in [0.5, 0.6) is 0 Å². The van der Waals surface area contributed by atoms with Gasteiger partial charge in [-0.3, -0.25) is 4.79 Å². The number of carboxylic acid groups (broad SMARTS) is 1. The Labute approximate surface area is 152 Å². The number of carbonyl (C=O) groups is 1. The van der Waals surface area contributed by atoms with Crippen molar-refractivity contribution >= 4 is 11.7 Å². The molecule has 0 radical (unpaired) electrons. The van der Waals surface area contributed by atoms with Crippen LogP contribution in [-0.2, 0) is 27.0 Å². The maximum absolute atomic E-state index is 10.9. The van der Waals surface area contributed by atoms with E-state index in [0.717, 1.165) is 54.0 Å². The van der Waals surface area contributed by atoms with E-state index >= 15 is 0 Å². The summed E-state index contributed by atoms with van der Waals surface area (Å²) in [5.74, 6) is 0.109. The van der Waals surface area contributed by atoms with E-state index in [-0.39, 0.29) is 17.4 Å². The molecule has 2 saturated heterocycles. The Morgan fingerprint density at radius 1 is 1.23 bits per heavy atom. The topological polar surface area (TPSA) is 84.6 Å². The lowest BCUT2D eigenvalue weighted by Gasteiger charge is -2.52. The van der Waals surface area contributed by atoms with Crippen molar-refractivity contribution in [3.63, 3.8) is 0 Å². The molecule has 3 fully saturated rings. The quantitative estimate of drug-likeness (QED) is 0.854. The van der Waals surface area contributed by atoms with Gasteiger partial charge in [0.05, 0.1) is 24.0 Å². The molecule has 2 N–H and O–H groups in total. The van der Waals surface area contributed by atoms with Crippen molar-refractivity contribution < 1.29 is 19.2 Å². The summed E-state index contributed by atoms with van der Waals surface area (Å²) in [4.78, 5) is 10.9. The van der Waals surface area contributed by atoms with Crippen molar-refractivity contribution in [1.82, 2.24) is 5.16 Å². The molecule has 0 spiro atoms. The predicted molar refractivity (Wildman–Crippen MR) is 96.3 cm³/mol. The molecule has 5 rings (SSSR count). The molecule has 1 saturated carbocycles. The van der Waals surface area contributed by atoms with Gasteiger partial charge in [0.2, 0.25) is 0 Å². The van der Waals surface area contributed by atoms with Gasteiger partial charge in [0, 0.05) is 7.05 Å². The Bertz CT molecular complexity index is 800. The number of fused-ring (bicyclic) bond motifs is 3. The molecule has 138 valence electrons. The van der Waals surface area contributed by atoms with Gasteiger partial charge in [-0.1, -0.05) is 29.4 Å². The fraction of sp³-hybridized carbons (Fsp3) is 0.500. The summed E-state index contributed by atoms with van der Waals surface area (Å²) < 4.78 is 12.1. The lowest BCUT2D eigenvalue weighted by Crippen LogP contribution is -2.51. The molecule has 0 amide bonds. The minimum Gasteiger partial charge on any atom is -0.481 e. The fourth-order valence-electron chi connectivity index (χ4n) is 4.49. The van der Waals surface area contributed by atoms with Gasteiger partial charge in [0.1, 0.15) is 11.4 Å². The van der Waals surface area contributed by atoms with Crippen molar-refractivity contribution in [3.8, 4) is 0 Å². The summed E-state index contributed by atoms with van der Waals surface area (Å²) in [5.41, 5.74) is 3.45. The fourth-order valence-corrected chi connectivity index (χ4v) is 4.49. The maximum atomic E-state index is 10.9. The van der Waals surface area contributed by atoms with Crippen molar-refractivity contribution in [2.45, 2.75) is 50.0 Å². The maximum Gasteiger partial charge on any atom is 0.307 e. The first-order valence-electron chi connectivity index (χ1n) is 9.08. The van der Waals surface area contributed by atoms with Crippen LogP contribution in [-0.4, -0.2) is 29.9 Å². The zero-order chi connectivity index (χ0) is 18.4. The highest BCUT2D eigenvalue weighted by atomic mass is 16.5. The van der Waals surface area contributed by atoms with Crippen LogP contribution in [0.1, 0.15) is 48.3 Å². The first-order valence-corrected chi connectivity index (χ1v) is 9.08. The predicted octanol–water partition coefficient (Wildman–Crippen LogP) is 3.39. The molecule has 3 aliphatic rings. The van der Waals surface area contributed by atoms with Gasteiger partial charge in [0.15, 0.2) is 5.76 Å². The molecular formula is C20H24N2O4. The lowest BCUT2D eigenvalue weighted by atomic mass is 9.63. The highest BCUT2D eigenvalue weighted by Crippen LogP contribution is 2.55. The number of ether oxygens (including phenoxy) is 1. The van der Waals surface area contributed by atoms with Crippen LogP contribution < -0.4 is 5.32 Å². The summed E-state index contributed by atoms with van der Waals surface area (Å²) >= 11 is 0. The van der Waals surface area contributed by atoms with E-state index in [1.54, 1.807) is 0 Å². The Kier molecular flexibility index (Phi) is 4.03. The highest BCUT2D eigenvalue weighted by molar-refractivity contribution is 5.70. The summed E-state index contributed by atoms with van der Waals surface area (Å²) in [6, 6.07) is 7.84. The average Bonchev–Trinajstić information content (AvgIpc) is 3.04. The Morgan fingerprint density at radius 2 is 1.92 bits per heavy atom. The molecule has 3 heterocycles. The van der Waals surface area contributed by atoms with Crippen LogP contribution in [0.3, 0.4) is 0 Å². The van der Waals surface area contributed by atoms with Gasteiger partial charge in [0.25, 0.3) is 0 Å². The number of nitrogens with one attached hydrogen (secondary N) is 1. The third-order valence-corrected chi connectivity index (χ3v) is 6.07. The Morgan fingerprint density at radius 3 is 2.46 bits per heavy atom. The summed E-state index contributed by atoms with van der Waals surface area (Å²) in [6.07, 6.45) is 3.89. The van der Waals surface area contributed by atoms with Crippen molar-refractivity contribution in [1.29, 1.82) is 0 Å². The molecule has 2 aromatic rings. The van der Waals surface area contributed by atoms with Crippen molar-refractivity contribution in [2.75, 3.05) is 19.0 Å². The second-order valence-corrected chi connectivity index (χ2v) is 7.55. The van der Waals surface area contributed by atoms with E-state index in [9.17, 15) is 4.79 Å². The number of benzene rings is 1. The molecule has 0 atom stereocenters. The van der Waals surface area contributed by atoms with E-state index in [1.807, 2.05) is 38.2 Å². The van der Waals surface area contributed by atoms with Crippen molar-refractivity contribution in [3.05, 3.63) is 46.8 Å².